The first-order chi connectivity index (χ1) is 12.0. The maximum atomic E-state index is 13.0. The molecule has 0 spiro atoms. The lowest BCUT2D eigenvalue weighted by Gasteiger charge is -2.34. The Kier molecular flexibility index (Phi) is 5.06. The molecule has 0 atom stereocenters. The normalized spacial score (nSPS) is 18.4. The predicted molar refractivity (Wildman–Crippen MR) is 97.0 cm³/mol. The number of pyridine rings is 1. The Balaban J connectivity index is 1.95. The molecule has 7 nitrogen and oxygen atoms in total. The van der Waals surface area contributed by atoms with Gasteiger partial charge in [-0.05, 0) is 33.1 Å². The van der Waals surface area contributed by atoms with Crippen molar-refractivity contribution in [1.29, 1.82) is 0 Å². The third-order valence-electron chi connectivity index (χ3n) is 5.10. The van der Waals surface area contributed by atoms with E-state index in [1.807, 2.05) is 20.8 Å². The van der Waals surface area contributed by atoms with Crippen molar-refractivity contribution in [2.45, 2.75) is 20.8 Å². The summed E-state index contributed by atoms with van der Waals surface area (Å²) in [5.74, 6) is 0.254. The van der Waals surface area contributed by atoms with Gasteiger partial charge in [-0.15, -0.1) is 0 Å². The smallest absolute Gasteiger partial charge is 0.266 e. The summed E-state index contributed by atoms with van der Waals surface area (Å²) in [6, 6.07) is 1.75. The zero-order chi connectivity index (χ0) is 18.1. The first kappa shape index (κ1) is 17.8. The van der Waals surface area contributed by atoms with Gasteiger partial charge in [0.05, 0.1) is 17.8 Å². The zero-order valence-corrected chi connectivity index (χ0v) is 15.6. The summed E-state index contributed by atoms with van der Waals surface area (Å²) >= 11 is 0. The van der Waals surface area contributed by atoms with Gasteiger partial charge in [-0.2, -0.15) is 0 Å². The number of nitrogens with zero attached hydrogens (tertiary/aromatic N) is 5. The number of carbonyl (C=O) groups is 2. The van der Waals surface area contributed by atoms with Gasteiger partial charge in [0.15, 0.2) is 0 Å². The zero-order valence-electron chi connectivity index (χ0n) is 15.6. The van der Waals surface area contributed by atoms with E-state index in [1.54, 1.807) is 6.07 Å². The van der Waals surface area contributed by atoms with Crippen LogP contribution in [0.3, 0.4) is 0 Å². The quantitative estimate of drug-likeness (QED) is 0.743. The van der Waals surface area contributed by atoms with E-state index in [-0.39, 0.29) is 11.8 Å². The van der Waals surface area contributed by atoms with Crippen LogP contribution in [0.15, 0.2) is 6.07 Å². The van der Waals surface area contributed by atoms with Crippen molar-refractivity contribution < 1.29 is 9.59 Å². The van der Waals surface area contributed by atoms with E-state index in [2.05, 4.69) is 26.7 Å². The molecule has 2 amide bonds. The van der Waals surface area contributed by atoms with Crippen molar-refractivity contribution in [2.24, 2.45) is 0 Å². The fourth-order valence-electron chi connectivity index (χ4n) is 3.41. The molecule has 0 aromatic carbocycles. The van der Waals surface area contributed by atoms with Gasteiger partial charge in [0.25, 0.3) is 11.8 Å². The van der Waals surface area contributed by atoms with E-state index >= 15 is 0 Å². The first-order valence-corrected chi connectivity index (χ1v) is 8.99. The molecule has 2 aliphatic rings. The SMILES string of the molecule is CCN(CC)CN1C(=O)c2cc(C)nc(N3CCN(C)CC3)c2C1=O. The summed E-state index contributed by atoms with van der Waals surface area (Å²) in [6.45, 7) is 11.4. The number of hydrogen-bond donors (Lipinski definition) is 0. The third-order valence-corrected chi connectivity index (χ3v) is 5.10. The predicted octanol–water partition coefficient (Wildman–Crippen LogP) is 1.04. The van der Waals surface area contributed by atoms with Gasteiger partial charge in [0.1, 0.15) is 5.82 Å². The van der Waals surface area contributed by atoms with E-state index < -0.39 is 0 Å². The van der Waals surface area contributed by atoms with E-state index in [0.717, 1.165) is 45.0 Å². The molecule has 3 heterocycles. The van der Waals surface area contributed by atoms with Gasteiger partial charge in [-0.1, -0.05) is 13.8 Å². The van der Waals surface area contributed by atoms with Crippen LogP contribution in [-0.4, -0.2) is 84.5 Å². The minimum absolute atomic E-state index is 0.201. The molecule has 1 aromatic heterocycles. The molecule has 1 saturated heterocycles. The second-order valence-corrected chi connectivity index (χ2v) is 6.78. The molecular formula is C18H27N5O2. The second kappa shape index (κ2) is 7.09. The highest BCUT2D eigenvalue weighted by Gasteiger charge is 2.40. The molecular weight excluding hydrogens is 318 g/mol. The number of imide groups is 1. The monoisotopic (exact) mass is 345 g/mol. The summed E-state index contributed by atoms with van der Waals surface area (Å²) in [5, 5.41) is 0. The van der Waals surface area contributed by atoms with Crippen molar-refractivity contribution in [1.82, 2.24) is 19.7 Å². The van der Waals surface area contributed by atoms with Crippen LogP contribution in [0.2, 0.25) is 0 Å². The number of aromatic nitrogens is 1. The molecule has 0 bridgehead atoms. The Morgan fingerprint density at radius 2 is 1.72 bits per heavy atom. The van der Waals surface area contributed by atoms with Crippen LogP contribution in [0, 0.1) is 6.92 Å². The molecule has 0 radical (unpaired) electrons. The number of amides is 2. The molecule has 7 heteroatoms. The van der Waals surface area contributed by atoms with Crippen LogP contribution in [0.1, 0.15) is 40.3 Å². The number of hydrogen-bond acceptors (Lipinski definition) is 6. The molecule has 0 aliphatic carbocycles. The average molecular weight is 345 g/mol. The topological polar surface area (TPSA) is 60.0 Å². The van der Waals surface area contributed by atoms with Gasteiger partial charge < -0.3 is 9.80 Å². The highest BCUT2D eigenvalue weighted by atomic mass is 16.2. The lowest BCUT2D eigenvalue weighted by Crippen LogP contribution is -2.45. The van der Waals surface area contributed by atoms with Crippen molar-refractivity contribution in [3.05, 3.63) is 22.9 Å². The number of aryl methyl sites for hydroxylation is 1. The molecule has 1 fully saturated rings. The maximum absolute atomic E-state index is 13.0. The standard InChI is InChI=1S/C18H27N5O2/c1-5-21(6-2)12-23-17(24)14-11-13(3)19-16(15(14)18(23)25)22-9-7-20(4)8-10-22/h11H,5-10,12H2,1-4H3. The van der Waals surface area contributed by atoms with Crippen molar-refractivity contribution in [3.63, 3.8) is 0 Å². The lowest BCUT2D eigenvalue weighted by molar-refractivity contribution is 0.0552. The van der Waals surface area contributed by atoms with E-state index in [0.29, 0.717) is 23.6 Å². The number of anilines is 1. The maximum Gasteiger partial charge on any atom is 0.266 e. The summed E-state index contributed by atoms with van der Waals surface area (Å²) < 4.78 is 0. The lowest BCUT2D eigenvalue weighted by atomic mass is 10.1. The van der Waals surface area contributed by atoms with Crippen LogP contribution in [-0.2, 0) is 0 Å². The van der Waals surface area contributed by atoms with Crippen LogP contribution in [0.25, 0.3) is 0 Å². The summed E-state index contributed by atoms with van der Waals surface area (Å²) in [5.41, 5.74) is 1.75. The highest BCUT2D eigenvalue weighted by Crippen LogP contribution is 2.31. The van der Waals surface area contributed by atoms with E-state index in [1.165, 1.54) is 4.90 Å². The van der Waals surface area contributed by atoms with Crippen LogP contribution in [0.4, 0.5) is 5.82 Å². The molecule has 25 heavy (non-hydrogen) atoms. The van der Waals surface area contributed by atoms with E-state index in [9.17, 15) is 9.59 Å². The van der Waals surface area contributed by atoms with Crippen molar-refractivity contribution >= 4 is 17.6 Å². The van der Waals surface area contributed by atoms with Gasteiger partial charge >= 0.3 is 0 Å². The Morgan fingerprint density at radius 3 is 2.32 bits per heavy atom. The molecule has 1 aromatic rings. The van der Waals surface area contributed by atoms with Gasteiger partial charge in [-0.3, -0.25) is 19.4 Å². The molecule has 2 aliphatic heterocycles. The summed E-state index contributed by atoms with van der Waals surface area (Å²) in [6.07, 6.45) is 0. The molecule has 3 rings (SSSR count). The summed E-state index contributed by atoms with van der Waals surface area (Å²) in [7, 11) is 2.09. The molecule has 0 unspecified atom stereocenters. The Morgan fingerprint density at radius 1 is 1.08 bits per heavy atom. The number of fused-ring (bicyclic) bond motifs is 1. The van der Waals surface area contributed by atoms with Crippen molar-refractivity contribution in [2.75, 3.05) is 57.9 Å². The highest BCUT2D eigenvalue weighted by molar-refractivity contribution is 6.23. The fourth-order valence-corrected chi connectivity index (χ4v) is 3.41. The first-order valence-electron chi connectivity index (χ1n) is 8.99. The number of carbonyl (C=O) groups excluding carboxylic acids is 2. The van der Waals surface area contributed by atoms with E-state index in [4.69, 9.17) is 0 Å². The van der Waals surface area contributed by atoms with Gasteiger partial charge in [-0.25, -0.2) is 4.98 Å². The largest absolute Gasteiger partial charge is 0.353 e. The third kappa shape index (κ3) is 3.26. The average Bonchev–Trinajstić information content (AvgIpc) is 2.84. The molecule has 0 saturated carbocycles. The minimum Gasteiger partial charge on any atom is -0.353 e. The van der Waals surface area contributed by atoms with Gasteiger partial charge in [0.2, 0.25) is 0 Å². The van der Waals surface area contributed by atoms with Crippen LogP contribution in [0.5, 0.6) is 0 Å². The Bertz CT molecular complexity index is 678. The summed E-state index contributed by atoms with van der Waals surface area (Å²) in [4.78, 5) is 38.3. The van der Waals surface area contributed by atoms with Crippen LogP contribution < -0.4 is 4.90 Å². The second-order valence-electron chi connectivity index (χ2n) is 6.78. The molecule has 0 N–H and O–H groups in total. The Hall–Kier alpha value is -1.99. The van der Waals surface area contributed by atoms with Crippen LogP contribution >= 0.6 is 0 Å². The number of likely N-dealkylation sites (N-methyl/N-ethyl adjacent to an activating group) is 1. The fraction of sp³-hybridized carbons (Fsp3) is 0.611. The Labute approximate surface area is 149 Å². The van der Waals surface area contributed by atoms with Crippen molar-refractivity contribution in [3.8, 4) is 0 Å². The minimum atomic E-state index is -0.215. The number of piperazine rings is 1. The molecule has 136 valence electrons. The van der Waals surface area contributed by atoms with Gasteiger partial charge in [0, 0.05) is 31.9 Å². The number of rotatable bonds is 5.